The van der Waals surface area contributed by atoms with Crippen LogP contribution in [0.15, 0.2) is 47.1 Å². The normalized spacial score (nSPS) is 18.7. The van der Waals surface area contributed by atoms with Crippen LogP contribution in [0.1, 0.15) is 42.3 Å². The number of fused-ring (bicyclic) bond motifs is 1. The summed E-state index contributed by atoms with van der Waals surface area (Å²) >= 11 is 0. The van der Waals surface area contributed by atoms with Crippen LogP contribution in [0, 0.1) is 11.3 Å². The van der Waals surface area contributed by atoms with E-state index >= 15 is 0 Å². The van der Waals surface area contributed by atoms with Gasteiger partial charge in [-0.3, -0.25) is 0 Å². The molecular weight excluding hydrogens is 328 g/mol. The second-order valence-electron chi connectivity index (χ2n) is 6.94. The summed E-state index contributed by atoms with van der Waals surface area (Å²) in [5.74, 6) is 0.868. The molecule has 0 saturated heterocycles. The molecular formula is C21H27N2O3+. The minimum absolute atomic E-state index is 0.0715. The third-order valence-corrected chi connectivity index (χ3v) is 4.92. The van der Waals surface area contributed by atoms with E-state index in [0.717, 1.165) is 29.9 Å². The lowest BCUT2D eigenvalue weighted by molar-refractivity contribution is -0.917. The lowest BCUT2D eigenvalue weighted by Gasteiger charge is -2.27. The van der Waals surface area contributed by atoms with Gasteiger partial charge in [0.1, 0.15) is 19.2 Å². The summed E-state index contributed by atoms with van der Waals surface area (Å²) in [6.07, 6.45) is 4.84. The van der Waals surface area contributed by atoms with Crippen LogP contribution >= 0.6 is 0 Å². The van der Waals surface area contributed by atoms with Gasteiger partial charge in [0.25, 0.3) is 0 Å². The minimum Gasteiger partial charge on any atom is -0.463 e. The number of nitriles is 1. The highest BCUT2D eigenvalue weighted by Crippen LogP contribution is 2.32. The molecule has 0 radical (unpaired) electrons. The number of aliphatic hydroxyl groups excluding tert-OH is 1. The molecule has 2 aromatic rings. The van der Waals surface area contributed by atoms with Crippen LogP contribution < -0.4 is 4.90 Å². The van der Waals surface area contributed by atoms with Gasteiger partial charge in [-0.05, 0) is 42.5 Å². The fraction of sp³-hybridized carbons (Fsp3) is 0.476. The fourth-order valence-electron chi connectivity index (χ4n) is 3.66. The summed E-state index contributed by atoms with van der Waals surface area (Å²) in [6, 6.07) is 14.4. The van der Waals surface area contributed by atoms with Gasteiger partial charge in [0, 0.05) is 0 Å². The Hall–Kier alpha value is -2.13. The molecule has 1 aliphatic rings. The molecule has 5 nitrogen and oxygen atoms in total. The topological polar surface area (TPSA) is 70.8 Å². The summed E-state index contributed by atoms with van der Waals surface area (Å²) < 4.78 is 11.5. The quantitative estimate of drug-likeness (QED) is 0.722. The zero-order valence-corrected chi connectivity index (χ0v) is 15.1. The average molecular weight is 355 g/mol. The number of quaternary nitrogens is 1. The SMILES string of the molecule is N#CCC[NH+](Cc1ccco1)C[C@H](O)CO[C@@H]1CCCc2ccccc21. The van der Waals surface area contributed by atoms with Crippen molar-refractivity contribution in [1.82, 2.24) is 0 Å². The maximum atomic E-state index is 10.5. The average Bonchev–Trinajstić information content (AvgIpc) is 3.17. The van der Waals surface area contributed by atoms with Crippen molar-refractivity contribution in [3.8, 4) is 6.07 Å². The van der Waals surface area contributed by atoms with Gasteiger partial charge in [-0.2, -0.15) is 5.26 Å². The number of aliphatic hydroxyl groups is 1. The second kappa shape index (κ2) is 9.54. The Balaban J connectivity index is 1.52. The Kier molecular flexibility index (Phi) is 6.84. The first-order valence-corrected chi connectivity index (χ1v) is 9.36. The molecule has 3 atom stereocenters. The molecule has 5 heteroatoms. The lowest BCUT2D eigenvalue weighted by Crippen LogP contribution is -3.12. The molecule has 1 aromatic heterocycles. The number of aryl methyl sites for hydroxylation is 1. The van der Waals surface area contributed by atoms with Gasteiger partial charge in [-0.15, -0.1) is 0 Å². The van der Waals surface area contributed by atoms with Crippen molar-refractivity contribution in [2.75, 3.05) is 19.7 Å². The van der Waals surface area contributed by atoms with E-state index in [9.17, 15) is 5.11 Å². The summed E-state index contributed by atoms with van der Waals surface area (Å²) in [4.78, 5) is 1.13. The van der Waals surface area contributed by atoms with Crippen molar-refractivity contribution in [2.24, 2.45) is 0 Å². The summed E-state index contributed by atoms with van der Waals surface area (Å²) in [5, 5.41) is 19.3. The Labute approximate surface area is 154 Å². The van der Waals surface area contributed by atoms with Crippen LogP contribution in [0.25, 0.3) is 0 Å². The smallest absolute Gasteiger partial charge is 0.157 e. The van der Waals surface area contributed by atoms with E-state index < -0.39 is 6.10 Å². The van der Waals surface area contributed by atoms with Crippen LogP contribution in [0.3, 0.4) is 0 Å². The predicted molar refractivity (Wildman–Crippen MR) is 97.4 cm³/mol. The first-order chi connectivity index (χ1) is 12.8. The Bertz CT molecular complexity index is 708. The monoisotopic (exact) mass is 355 g/mol. The van der Waals surface area contributed by atoms with Crippen LogP contribution in [-0.4, -0.2) is 30.9 Å². The number of hydrogen-bond donors (Lipinski definition) is 2. The molecule has 26 heavy (non-hydrogen) atoms. The molecule has 0 bridgehead atoms. The highest BCUT2D eigenvalue weighted by Gasteiger charge is 2.23. The molecule has 0 spiro atoms. The Morgan fingerprint density at radius 1 is 1.31 bits per heavy atom. The molecule has 0 amide bonds. The van der Waals surface area contributed by atoms with E-state index in [1.807, 2.05) is 18.2 Å². The van der Waals surface area contributed by atoms with Crippen molar-refractivity contribution in [2.45, 2.75) is 44.4 Å². The first kappa shape index (κ1) is 18.7. The zero-order valence-electron chi connectivity index (χ0n) is 15.1. The van der Waals surface area contributed by atoms with Crippen molar-refractivity contribution in [3.63, 3.8) is 0 Å². The van der Waals surface area contributed by atoms with Gasteiger partial charge < -0.3 is 19.2 Å². The molecule has 138 valence electrons. The number of ether oxygens (including phenoxy) is 1. The Morgan fingerprint density at radius 2 is 2.19 bits per heavy atom. The molecule has 1 heterocycles. The zero-order chi connectivity index (χ0) is 18.2. The molecule has 1 unspecified atom stereocenters. The number of furan rings is 1. The van der Waals surface area contributed by atoms with E-state index in [4.69, 9.17) is 14.4 Å². The largest absolute Gasteiger partial charge is 0.463 e. The van der Waals surface area contributed by atoms with Crippen LogP contribution in [0.2, 0.25) is 0 Å². The summed E-state index contributed by atoms with van der Waals surface area (Å²) in [5.41, 5.74) is 2.62. The number of nitrogens with one attached hydrogen (secondary N) is 1. The van der Waals surface area contributed by atoms with Gasteiger partial charge in [-0.25, -0.2) is 0 Å². The van der Waals surface area contributed by atoms with Crippen molar-refractivity contribution < 1.29 is 19.2 Å². The maximum absolute atomic E-state index is 10.5. The van der Waals surface area contributed by atoms with E-state index in [1.165, 1.54) is 11.1 Å². The van der Waals surface area contributed by atoms with Crippen molar-refractivity contribution in [3.05, 3.63) is 59.5 Å². The van der Waals surface area contributed by atoms with Crippen molar-refractivity contribution >= 4 is 0 Å². The van der Waals surface area contributed by atoms with Crippen molar-refractivity contribution in [1.29, 1.82) is 5.26 Å². The number of rotatable bonds is 9. The fourth-order valence-corrected chi connectivity index (χ4v) is 3.66. The van der Waals surface area contributed by atoms with Gasteiger partial charge >= 0.3 is 0 Å². The molecule has 2 N–H and O–H groups in total. The van der Waals surface area contributed by atoms with E-state index in [0.29, 0.717) is 32.7 Å². The van der Waals surface area contributed by atoms with Crippen LogP contribution in [0.4, 0.5) is 0 Å². The molecule has 1 aliphatic carbocycles. The molecule has 3 rings (SSSR count). The number of hydrogen-bond acceptors (Lipinski definition) is 4. The van der Waals surface area contributed by atoms with Crippen LogP contribution in [0.5, 0.6) is 0 Å². The molecule has 0 saturated carbocycles. The minimum atomic E-state index is -0.562. The highest BCUT2D eigenvalue weighted by atomic mass is 16.5. The van der Waals surface area contributed by atoms with Crippen LogP contribution in [-0.2, 0) is 17.7 Å². The van der Waals surface area contributed by atoms with E-state index in [2.05, 4.69) is 24.3 Å². The third kappa shape index (κ3) is 5.18. The molecule has 0 aliphatic heterocycles. The highest BCUT2D eigenvalue weighted by molar-refractivity contribution is 5.31. The maximum Gasteiger partial charge on any atom is 0.157 e. The summed E-state index contributed by atoms with van der Waals surface area (Å²) in [6.45, 7) is 2.20. The standard InChI is InChI=1S/C21H26N2O3/c22-11-5-12-23(15-19-8-4-13-25-19)14-18(24)16-26-21-10-3-7-17-6-1-2-9-20(17)21/h1-2,4,6,8-9,13,18,21,24H,3,5,7,10,12,14-16H2/p+1/t18-,21+/m0/s1. The first-order valence-electron chi connectivity index (χ1n) is 9.36. The molecule has 0 fully saturated rings. The lowest BCUT2D eigenvalue weighted by atomic mass is 9.89. The molecule has 1 aromatic carbocycles. The second-order valence-corrected chi connectivity index (χ2v) is 6.94. The summed E-state index contributed by atoms with van der Waals surface area (Å²) in [7, 11) is 0. The number of nitrogens with zero attached hydrogens (tertiary/aromatic N) is 1. The van der Waals surface area contributed by atoms with Gasteiger partial charge in [0.15, 0.2) is 5.76 Å². The predicted octanol–water partition coefficient (Wildman–Crippen LogP) is 2.03. The van der Waals surface area contributed by atoms with Gasteiger partial charge in [-0.1, -0.05) is 24.3 Å². The Morgan fingerprint density at radius 3 is 3.00 bits per heavy atom. The van der Waals surface area contributed by atoms with E-state index in [-0.39, 0.29) is 6.10 Å². The van der Waals surface area contributed by atoms with Gasteiger partial charge in [0.2, 0.25) is 0 Å². The third-order valence-electron chi connectivity index (χ3n) is 4.92. The van der Waals surface area contributed by atoms with E-state index in [1.54, 1.807) is 6.26 Å². The van der Waals surface area contributed by atoms with Gasteiger partial charge in [0.05, 0.1) is 38.0 Å². The number of benzene rings is 1.